The Kier molecular flexibility index (Phi) is 30.9. The molecule has 143 heavy (non-hydrogen) atoms. The Hall–Kier alpha value is -17.0. The van der Waals surface area contributed by atoms with Crippen molar-refractivity contribution in [1.82, 2.24) is 97.4 Å². The smallest absolute Gasteiger partial charge is 0.435 e. The van der Waals surface area contributed by atoms with E-state index in [1.807, 2.05) is 84.3 Å². The van der Waals surface area contributed by atoms with Gasteiger partial charge >= 0.3 is 44.3 Å². The van der Waals surface area contributed by atoms with Crippen LogP contribution in [0, 0.1) is 25.5 Å². The van der Waals surface area contributed by atoms with Gasteiger partial charge in [0.2, 0.25) is 0 Å². The highest BCUT2D eigenvalue weighted by Crippen LogP contribution is 2.44. The van der Waals surface area contributed by atoms with Crippen molar-refractivity contribution in [2.24, 2.45) is 0 Å². The molecule has 18 aromatic rings. The van der Waals surface area contributed by atoms with E-state index in [0.717, 1.165) is 119 Å². The number of alkyl halides is 15. The molecule has 0 bridgehead atoms. The molecule has 0 spiro atoms. The first-order valence-electron chi connectivity index (χ1n) is 42.6. The molecule has 0 atom stereocenters. The average molecular weight is 2000 g/mol. The Morgan fingerprint density at radius 3 is 1.23 bits per heavy atom. The van der Waals surface area contributed by atoms with E-state index in [4.69, 9.17) is 0 Å². The zero-order valence-corrected chi connectivity index (χ0v) is 75.9. The number of methoxy groups -OCH3 is 1. The number of carbonyl (C=O) groups is 1. The lowest BCUT2D eigenvalue weighted by molar-refractivity contribution is -0.140. The minimum Gasteiger partial charge on any atom is -0.465 e. The number of thioether (sulfide) groups is 1. The van der Waals surface area contributed by atoms with Gasteiger partial charge in [-0.2, -0.15) is 65.9 Å². The van der Waals surface area contributed by atoms with Gasteiger partial charge in [0.05, 0.1) is 119 Å². The molecule has 19 rings (SSSR count). The SMILES string of the molecule is CCc1nc(C)cn1-c1cncc(Nc2ccc(C(F)(F)F)cc2)n1.CCc1nc(C)cn1-c1cncc(Nc2ccc(OC(F)F)cc2)n1.COC(=O)c1ccc2nc(C(F)(F)F)c(-c3cncc(Nc4ccc(OC(F)F)cc4)n3)n2c1.CSc1nc2ccccc2n1-c1cncc(Nc2ccc(OC(F)F)cc2)n1.Fc1cc2nc(C3CC3)n(-c3cncc(Nc4ccc(C(F)(F)F)cc4)n3)c2cc1F. The van der Waals surface area contributed by atoms with Crippen LogP contribution in [0.4, 0.5) is 132 Å². The maximum atomic E-state index is 13.9. The molecular formula is C95H76F17N25O5S. The number of aromatic nitrogens is 20. The number of carbonyl (C=O) groups excluding carboxylic acids is 1. The molecule has 1 saturated carbocycles. The molecule has 11 aromatic heterocycles. The predicted molar refractivity (Wildman–Crippen MR) is 495 cm³/mol. The monoisotopic (exact) mass is 2000 g/mol. The van der Waals surface area contributed by atoms with Gasteiger partial charge in [-0.05, 0) is 179 Å². The standard InChI is InChI=1S/C21H14F5N5O3.C21H14F5N5.C19H15F2N5OS.C17H16F3N5.C17H17F2N5O/c1-33-19(32)11-2-7-16-30-18(21(24,25)26)17(31(16)10-11)14-8-27-9-15(29-14)28-12-3-5-13(6-4-12)34-20(22)23;22-14-7-16-17(8-15(14)23)31(20(29-16)11-1-2-11)19-10-27-9-18(30-19)28-13-5-3-12(4-6-13)21(24,25)26;1-28-19-24-14-4-2-3-5-15(14)26(19)17-11-22-10-16(25-17)23-12-6-8-13(9-7-12)27-18(20)21;1-3-15-22-11(2)10-25(15)16-9-21-8-14(24-16)23-13-6-4-12(5-7-13)17(18,19)20;1-3-15-21-11(2)10-24(15)16-9-20-8-14(23-16)22-12-4-6-13(7-5-12)25-17(18)19/h2-10,20H,1H3,(H,28,29);3-11H,1-2H2,(H,28,30);2-11,18H,1H3,(H,23,25);4-10H,3H2,1-2H3,(H,23,24);4-10,17H,3H2,1-2H3,(H,22,23). The number of imidazole rings is 5. The average Bonchev–Trinajstić information content (AvgIpc) is 1.63. The van der Waals surface area contributed by atoms with Crippen LogP contribution in [0.5, 0.6) is 17.2 Å². The minimum atomic E-state index is -4.82. The van der Waals surface area contributed by atoms with Gasteiger partial charge in [0.1, 0.15) is 57.6 Å². The summed E-state index contributed by atoms with van der Waals surface area (Å²) >= 11 is 1.52. The maximum absolute atomic E-state index is 13.9. The van der Waals surface area contributed by atoms with Crippen LogP contribution in [0.2, 0.25) is 0 Å². The van der Waals surface area contributed by atoms with E-state index < -0.39 is 78.5 Å². The van der Waals surface area contributed by atoms with Crippen LogP contribution < -0.4 is 40.8 Å². The lowest BCUT2D eigenvalue weighted by atomic mass is 10.2. The van der Waals surface area contributed by atoms with Gasteiger partial charge in [0.25, 0.3) is 0 Å². The fraction of sp³-hybridized carbons (Fsp3) is 0.179. The third-order valence-electron chi connectivity index (χ3n) is 20.5. The molecule has 1 aliphatic rings. The number of fused-ring (bicyclic) bond motifs is 3. The van der Waals surface area contributed by atoms with E-state index >= 15 is 0 Å². The normalized spacial score (nSPS) is 12.0. The van der Waals surface area contributed by atoms with Gasteiger partial charge in [-0.3, -0.25) is 47.6 Å². The molecule has 5 N–H and O–H groups in total. The second kappa shape index (κ2) is 44.0. The largest absolute Gasteiger partial charge is 0.465 e. The second-order valence-electron chi connectivity index (χ2n) is 30.6. The molecule has 0 radical (unpaired) electrons. The molecule has 11 heterocycles. The molecule has 7 aromatic carbocycles. The summed E-state index contributed by atoms with van der Waals surface area (Å²) in [6, 6.07) is 39.5. The van der Waals surface area contributed by atoms with E-state index in [1.54, 1.807) is 59.8 Å². The first-order valence-corrected chi connectivity index (χ1v) is 43.9. The maximum Gasteiger partial charge on any atom is 0.435 e. The fourth-order valence-electron chi connectivity index (χ4n) is 14.1. The summed E-state index contributed by atoms with van der Waals surface area (Å²) in [5, 5.41) is 15.7. The van der Waals surface area contributed by atoms with Crippen molar-refractivity contribution < 1.29 is 98.4 Å². The van der Waals surface area contributed by atoms with Crippen LogP contribution >= 0.6 is 11.8 Å². The first kappa shape index (κ1) is 100. The molecule has 48 heteroatoms. The van der Waals surface area contributed by atoms with Crippen molar-refractivity contribution in [3.8, 4) is 51.9 Å². The van der Waals surface area contributed by atoms with Crippen molar-refractivity contribution >= 4 is 103 Å². The van der Waals surface area contributed by atoms with Crippen LogP contribution in [0.1, 0.15) is 88.6 Å². The molecule has 30 nitrogen and oxygen atoms in total. The summed E-state index contributed by atoms with van der Waals surface area (Å²) in [5.41, 5.74) is 3.59. The summed E-state index contributed by atoms with van der Waals surface area (Å²) < 4.78 is 244. The molecule has 0 saturated heterocycles. The zero-order valence-electron chi connectivity index (χ0n) is 75.1. The number of benzene rings is 7. The lowest BCUT2D eigenvalue weighted by Crippen LogP contribution is -2.09. The van der Waals surface area contributed by atoms with Gasteiger partial charge in [-0.25, -0.2) is 63.4 Å². The first-order chi connectivity index (χ1) is 68.5. The van der Waals surface area contributed by atoms with Gasteiger partial charge < -0.3 is 45.5 Å². The molecular weight excluding hydrogens is 1930 g/mol. The predicted octanol–water partition coefficient (Wildman–Crippen LogP) is 23.7. The molecule has 0 amide bonds. The lowest BCUT2D eigenvalue weighted by Gasteiger charge is -2.11. The van der Waals surface area contributed by atoms with Crippen LogP contribution in [-0.2, 0) is 36.1 Å². The van der Waals surface area contributed by atoms with E-state index in [9.17, 15) is 79.4 Å². The van der Waals surface area contributed by atoms with E-state index in [0.29, 0.717) is 86.0 Å². The minimum absolute atomic E-state index is 0.00993. The Labute approximate surface area is 803 Å². The number of anilines is 10. The third-order valence-corrected chi connectivity index (χ3v) is 21.1. The topological polar surface area (TPSA) is 332 Å². The van der Waals surface area contributed by atoms with Crippen molar-refractivity contribution in [1.29, 1.82) is 0 Å². The third kappa shape index (κ3) is 25.6. The second-order valence-corrected chi connectivity index (χ2v) is 31.3. The van der Waals surface area contributed by atoms with Crippen molar-refractivity contribution in [3.05, 3.63) is 313 Å². The number of nitrogens with one attached hydrogen (secondary N) is 5. The van der Waals surface area contributed by atoms with Gasteiger partial charge in [-0.15, -0.1) is 0 Å². The fourth-order valence-corrected chi connectivity index (χ4v) is 14.6. The summed E-state index contributed by atoms with van der Waals surface area (Å²) in [6.45, 7) is -0.826. The van der Waals surface area contributed by atoms with Crippen molar-refractivity contribution in [3.63, 3.8) is 0 Å². The summed E-state index contributed by atoms with van der Waals surface area (Å²) in [5.74, 6) is 4.02. The van der Waals surface area contributed by atoms with Crippen LogP contribution in [0.25, 0.3) is 62.4 Å². The van der Waals surface area contributed by atoms with Gasteiger partial charge in [0, 0.05) is 77.9 Å². The molecule has 1 aliphatic carbocycles. The number of esters is 1. The highest BCUT2D eigenvalue weighted by Gasteiger charge is 2.40. The molecule has 1 fully saturated rings. The van der Waals surface area contributed by atoms with Crippen molar-refractivity contribution in [2.75, 3.05) is 39.9 Å². The van der Waals surface area contributed by atoms with Gasteiger partial charge in [0.15, 0.2) is 69.0 Å². The number of para-hydroxylation sites is 2. The number of pyridine rings is 1. The van der Waals surface area contributed by atoms with Gasteiger partial charge in [-0.1, -0.05) is 37.7 Å². The summed E-state index contributed by atoms with van der Waals surface area (Å²) in [7, 11) is 1.15. The highest BCUT2D eigenvalue weighted by atomic mass is 32.2. The number of hydrogen-bond acceptors (Lipinski definition) is 26. The van der Waals surface area contributed by atoms with Crippen LogP contribution in [0.15, 0.2) is 256 Å². The number of rotatable bonds is 26. The van der Waals surface area contributed by atoms with E-state index in [-0.39, 0.29) is 51.7 Å². The Bertz CT molecular complexity index is 7460. The number of aryl methyl sites for hydroxylation is 4. The number of halogens is 17. The number of nitrogens with zero attached hydrogens (tertiary/aromatic N) is 20. The molecule has 0 unspecified atom stereocenters. The van der Waals surface area contributed by atoms with Crippen LogP contribution in [-0.4, -0.2) is 137 Å². The van der Waals surface area contributed by atoms with E-state index in [1.165, 1.54) is 128 Å². The number of hydrogen-bond donors (Lipinski definition) is 5. The molecule has 736 valence electrons. The summed E-state index contributed by atoms with van der Waals surface area (Å²) in [6.07, 6.45) is 11.5. The highest BCUT2D eigenvalue weighted by molar-refractivity contribution is 7.98. The Balaban J connectivity index is 0.000000135. The number of ether oxygens (including phenoxy) is 4. The Morgan fingerprint density at radius 1 is 0.427 bits per heavy atom. The Morgan fingerprint density at radius 2 is 0.825 bits per heavy atom. The van der Waals surface area contributed by atoms with Crippen molar-refractivity contribution in [2.45, 2.75) is 103 Å². The molecule has 0 aliphatic heterocycles. The quantitative estimate of drug-likeness (QED) is 0.0191. The zero-order chi connectivity index (χ0) is 102. The van der Waals surface area contributed by atoms with E-state index in [2.05, 4.69) is 120 Å². The van der Waals surface area contributed by atoms with Crippen LogP contribution in [0.3, 0.4) is 0 Å². The summed E-state index contributed by atoms with van der Waals surface area (Å²) in [4.78, 5) is 76.5.